The standard InChI is InChI=1S/C23H30ClN6O2/c1-28(2)15-16-29(17-18-11-7-5-8-12-18)21-25-20(24)26-22(27-21)30(3,4)23(31)32-19-13-9-6-10-14-19/h5,7-9,11-14H,6,10,15-17H2,1-4H3/q+1. The van der Waals surface area contributed by atoms with Gasteiger partial charge in [-0.15, -0.1) is 9.97 Å². The van der Waals surface area contributed by atoms with E-state index in [2.05, 4.69) is 32.0 Å². The zero-order valence-corrected chi connectivity index (χ0v) is 19.8. The molecular weight excluding hydrogens is 428 g/mol. The monoisotopic (exact) mass is 457 g/mol. The number of allylic oxidation sites excluding steroid dienone is 3. The normalized spacial score (nSPS) is 13.8. The molecule has 1 aromatic carbocycles. The number of benzene rings is 1. The molecule has 3 rings (SSSR count). The first-order chi connectivity index (χ1) is 15.3. The van der Waals surface area contributed by atoms with Crippen LogP contribution in [0.5, 0.6) is 0 Å². The lowest BCUT2D eigenvalue weighted by molar-refractivity contribution is 0.147. The topological polar surface area (TPSA) is 71.5 Å². The Morgan fingerprint density at radius 2 is 1.84 bits per heavy atom. The van der Waals surface area contributed by atoms with Crippen molar-refractivity contribution in [3.05, 3.63) is 65.2 Å². The Hall–Kier alpha value is -2.81. The van der Waals surface area contributed by atoms with Crippen LogP contribution in [0.15, 0.2) is 54.3 Å². The Labute approximate surface area is 194 Å². The van der Waals surface area contributed by atoms with Crippen molar-refractivity contribution in [2.24, 2.45) is 0 Å². The lowest BCUT2D eigenvalue weighted by atomic mass is 10.2. The minimum atomic E-state index is -0.501. The molecule has 1 aromatic heterocycles. The molecule has 9 heteroatoms. The van der Waals surface area contributed by atoms with Crippen LogP contribution in [0, 0.1) is 0 Å². The first-order valence-electron chi connectivity index (χ1n) is 10.5. The fraction of sp³-hybridized carbons (Fsp3) is 0.391. The molecule has 0 saturated carbocycles. The summed E-state index contributed by atoms with van der Waals surface area (Å²) in [6, 6.07) is 10.1. The van der Waals surface area contributed by atoms with Gasteiger partial charge in [0.15, 0.2) is 0 Å². The number of aromatic nitrogens is 3. The van der Waals surface area contributed by atoms with Gasteiger partial charge in [0.2, 0.25) is 11.2 Å². The Balaban J connectivity index is 1.88. The van der Waals surface area contributed by atoms with Crippen molar-refractivity contribution in [1.82, 2.24) is 24.3 Å². The second kappa shape index (κ2) is 10.7. The maximum absolute atomic E-state index is 12.9. The summed E-state index contributed by atoms with van der Waals surface area (Å²) < 4.78 is 5.24. The third kappa shape index (κ3) is 6.35. The van der Waals surface area contributed by atoms with E-state index in [1.165, 1.54) is 0 Å². The number of anilines is 1. The highest BCUT2D eigenvalue weighted by Crippen LogP contribution is 2.23. The van der Waals surface area contributed by atoms with E-state index in [1.807, 2.05) is 49.3 Å². The predicted molar refractivity (Wildman–Crippen MR) is 127 cm³/mol. The number of amides is 1. The van der Waals surface area contributed by atoms with Gasteiger partial charge in [-0.3, -0.25) is 0 Å². The summed E-state index contributed by atoms with van der Waals surface area (Å²) in [6.07, 6.45) is 6.96. The van der Waals surface area contributed by atoms with Crippen LogP contribution in [0.1, 0.15) is 18.4 Å². The molecule has 0 spiro atoms. The van der Waals surface area contributed by atoms with Gasteiger partial charge in [0.1, 0.15) is 5.76 Å². The highest BCUT2D eigenvalue weighted by atomic mass is 35.5. The van der Waals surface area contributed by atoms with Gasteiger partial charge in [-0.1, -0.05) is 36.4 Å². The molecule has 8 nitrogen and oxygen atoms in total. The molecule has 2 aromatic rings. The van der Waals surface area contributed by atoms with E-state index in [-0.39, 0.29) is 15.7 Å². The largest absolute Gasteiger partial charge is 0.528 e. The fourth-order valence-electron chi connectivity index (χ4n) is 3.06. The Morgan fingerprint density at radius 3 is 2.50 bits per heavy atom. The number of halogens is 1. The zero-order chi connectivity index (χ0) is 23.1. The molecule has 0 radical (unpaired) electrons. The van der Waals surface area contributed by atoms with E-state index in [9.17, 15) is 4.79 Å². The van der Waals surface area contributed by atoms with Gasteiger partial charge in [-0.25, -0.2) is 0 Å². The number of hydrogen-bond donors (Lipinski definition) is 0. The third-order valence-electron chi connectivity index (χ3n) is 5.02. The average Bonchev–Trinajstić information content (AvgIpc) is 2.77. The molecule has 1 aliphatic rings. The molecule has 0 saturated heterocycles. The lowest BCUT2D eigenvalue weighted by Crippen LogP contribution is -2.48. The Morgan fingerprint density at radius 1 is 1.09 bits per heavy atom. The van der Waals surface area contributed by atoms with Crippen LogP contribution >= 0.6 is 11.6 Å². The fourth-order valence-corrected chi connectivity index (χ4v) is 3.21. The van der Waals surface area contributed by atoms with Crippen molar-refractivity contribution in [3.63, 3.8) is 0 Å². The van der Waals surface area contributed by atoms with Gasteiger partial charge < -0.3 is 14.5 Å². The van der Waals surface area contributed by atoms with Crippen molar-refractivity contribution in [2.75, 3.05) is 46.2 Å². The van der Waals surface area contributed by atoms with E-state index in [1.54, 1.807) is 20.2 Å². The number of carbonyl (C=O) groups excluding carboxylic acids is 1. The molecule has 0 unspecified atom stereocenters. The van der Waals surface area contributed by atoms with Gasteiger partial charge in [0, 0.05) is 19.6 Å². The highest BCUT2D eigenvalue weighted by Gasteiger charge is 2.37. The molecule has 0 bridgehead atoms. The van der Waals surface area contributed by atoms with Gasteiger partial charge in [-0.2, -0.15) is 14.3 Å². The van der Waals surface area contributed by atoms with Crippen LogP contribution in [0.2, 0.25) is 5.28 Å². The minimum Gasteiger partial charge on any atom is -0.381 e. The minimum absolute atomic E-state index is 0.0312. The summed E-state index contributed by atoms with van der Waals surface area (Å²) in [6.45, 7) is 2.08. The molecule has 1 aliphatic carbocycles. The molecule has 1 amide bonds. The van der Waals surface area contributed by atoms with Crippen molar-refractivity contribution in [1.29, 1.82) is 0 Å². The molecule has 170 valence electrons. The van der Waals surface area contributed by atoms with Crippen molar-refractivity contribution >= 4 is 29.6 Å². The number of likely N-dealkylation sites (N-methyl/N-ethyl adjacent to an activating group) is 1. The molecular formula is C23H30ClN6O2+. The van der Waals surface area contributed by atoms with E-state index in [4.69, 9.17) is 16.3 Å². The number of rotatable bonds is 8. The maximum atomic E-state index is 12.9. The maximum Gasteiger partial charge on any atom is 0.528 e. The van der Waals surface area contributed by atoms with Gasteiger partial charge in [0.25, 0.3) is 0 Å². The molecule has 0 aliphatic heterocycles. The third-order valence-corrected chi connectivity index (χ3v) is 5.19. The number of quaternary nitrogens is 1. The number of hydrogen-bond acceptors (Lipinski definition) is 7. The Kier molecular flexibility index (Phi) is 7.95. The van der Waals surface area contributed by atoms with E-state index >= 15 is 0 Å². The quantitative estimate of drug-likeness (QED) is 0.554. The SMILES string of the molecule is CN(C)CCN(Cc1ccccc1)c1nc(Cl)nc([N+](C)(C)C(=O)OC2=CCCC=C2)n1. The van der Waals surface area contributed by atoms with Crippen molar-refractivity contribution < 1.29 is 9.53 Å². The van der Waals surface area contributed by atoms with Gasteiger partial charge in [-0.05, 0) is 56.3 Å². The van der Waals surface area contributed by atoms with E-state index < -0.39 is 6.09 Å². The summed E-state index contributed by atoms with van der Waals surface area (Å²) in [4.78, 5) is 30.3. The van der Waals surface area contributed by atoms with Crippen molar-refractivity contribution in [3.8, 4) is 0 Å². The average molecular weight is 458 g/mol. The number of carbonyl (C=O) groups is 1. The lowest BCUT2D eigenvalue weighted by Gasteiger charge is -2.27. The Bertz CT molecular complexity index is 991. The first-order valence-corrected chi connectivity index (χ1v) is 10.9. The summed E-state index contributed by atoms with van der Waals surface area (Å²) in [5.74, 6) is 1.17. The summed E-state index contributed by atoms with van der Waals surface area (Å²) in [7, 11) is 7.37. The van der Waals surface area contributed by atoms with E-state index in [0.717, 1.165) is 24.9 Å². The van der Waals surface area contributed by atoms with Gasteiger partial charge >= 0.3 is 12.0 Å². The van der Waals surface area contributed by atoms with Crippen LogP contribution in [-0.2, 0) is 11.3 Å². The first kappa shape index (κ1) is 23.8. The van der Waals surface area contributed by atoms with Crippen LogP contribution in [0.3, 0.4) is 0 Å². The summed E-state index contributed by atoms with van der Waals surface area (Å²) in [5.41, 5.74) is 1.12. The van der Waals surface area contributed by atoms with E-state index in [0.29, 0.717) is 24.8 Å². The summed E-state index contributed by atoms with van der Waals surface area (Å²) >= 11 is 6.28. The molecule has 0 atom stereocenters. The second-order valence-corrected chi connectivity index (χ2v) is 8.66. The van der Waals surface area contributed by atoms with Crippen LogP contribution < -0.4 is 9.38 Å². The molecule has 0 N–H and O–H groups in total. The van der Waals surface area contributed by atoms with Crippen molar-refractivity contribution in [2.45, 2.75) is 19.4 Å². The molecule has 32 heavy (non-hydrogen) atoms. The van der Waals surface area contributed by atoms with Crippen LogP contribution in [0.25, 0.3) is 0 Å². The smallest absolute Gasteiger partial charge is 0.381 e. The number of ether oxygens (including phenoxy) is 1. The molecule has 1 heterocycles. The summed E-state index contributed by atoms with van der Waals surface area (Å²) in [5, 5.41) is 0.0312. The predicted octanol–water partition coefficient (Wildman–Crippen LogP) is 4.03. The number of nitrogens with zero attached hydrogens (tertiary/aromatic N) is 6. The zero-order valence-electron chi connectivity index (χ0n) is 19.0. The molecule has 0 fully saturated rings. The second-order valence-electron chi connectivity index (χ2n) is 8.32. The highest BCUT2D eigenvalue weighted by molar-refractivity contribution is 6.28. The van der Waals surface area contributed by atoms with Gasteiger partial charge in [0.05, 0.1) is 14.1 Å². The van der Waals surface area contributed by atoms with Crippen LogP contribution in [0.4, 0.5) is 16.7 Å². The van der Waals surface area contributed by atoms with Crippen LogP contribution in [-0.4, -0.2) is 67.2 Å².